The molecule has 15 atom stereocenters. The van der Waals surface area contributed by atoms with Gasteiger partial charge in [0, 0.05) is 0 Å². The Hall–Kier alpha value is -8.38. The number of methoxy groups -OCH3 is 2. The van der Waals surface area contributed by atoms with Gasteiger partial charge in [0.25, 0.3) is 0 Å². The van der Waals surface area contributed by atoms with Crippen LogP contribution in [0, 0.1) is 0 Å². The van der Waals surface area contributed by atoms with Gasteiger partial charge >= 0.3 is 0 Å². The zero-order chi connectivity index (χ0) is 67.8. The lowest BCUT2D eigenvalue weighted by atomic mass is 9.95. The van der Waals surface area contributed by atoms with E-state index in [1.165, 1.54) is 0 Å². The molecule has 0 aliphatic carbocycles. The fraction of sp³-hybridized carbons (Fsp3) is 0.333. The summed E-state index contributed by atoms with van der Waals surface area (Å²) in [5, 5.41) is 23.4. The summed E-state index contributed by atoms with van der Waals surface area (Å²) in [7, 11) is 3.21. The van der Waals surface area contributed by atoms with Crippen LogP contribution in [-0.4, -0.2) is 136 Å². The lowest BCUT2D eigenvalue weighted by Crippen LogP contribution is -2.68. The standard InChI is InChI=1S/C81H86O18/c1-84-63-38-42-65(43-39-63)86-54-68-70(88-47-56-24-10-3-11-25-56)73(89-48-57-26-12-4-13-27-57)77(93-52-61-34-20-8-21-35-61)80(96-68)99-72-69(55-87-66-44-40-64(85-2)41-45-66)97-81(78(94-53-62-36-22-9-23-37-62)75(72)91-50-59-30-16-6-17-31-59)98-71-67(46-82)95-79(83)76(92-51-60-32-18-7-19-33-60)74(71)90-49-58-28-14-5-15-29-58/h3-45,67-83H,46-55H2,1-2H3/t67-,68-,69-,70+,71+,72+,73+,74+,75+,76-,77-,78-,79-,80-,81-/m1/s1. The normalized spacial score (nSPS) is 25.3. The fourth-order valence-electron chi connectivity index (χ4n) is 12.3. The van der Waals surface area contributed by atoms with Gasteiger partial charge in [0.1, 0.15) is 109 Å². The SMILES string of the molecule is COc1ccc(OC[C@H]2O[C@H](O[C@@H]3[C@H](OCc4ccccc4)[C@@H](OCc4ccccc4)[C@@H](O[C@@H]4[C@H](OCc5ccccc5)[C@@H](OCc5ccccc5)[C@H](O)O[C@@H]4CO)O[C@@H]3COc3ccc(OC)cc3)[C@H](OCc3ccccc3)[C@@H](OCc3ccccc3)[C@H]2OCc2ccccc2)cc1. The molecule has 0 amide bonds. The van der Waals surface area contributed by atoms with E-state index in [0.717, 1.165) is 38.9 Å². The molecule has 2 N–H and O–H groups in total. The molecule has 3 aliphatic heterocycles. The Labute approximate surface area is 578 Å². The van der Waals surface area contributed by atoms with Crippen LogP contribution in [-0.2, 0) is 103 Å². The second-order valence-corrected chi connectivity index (χ2v) is 24.3. The Morgan fingerprint density at radius 2 is 0.525 bits per heavy atom. The Kier molecular flexibility index (Phi) is 26.1. The second kappa shape index (κ2) is 36.6. The van der Waals surface area contributed by atoms with Crippen molar-refractivity contribution in [3.05, 3.63) is 300 Å². The van der Waals surface area contributed by atoms with Crippen LogP contribution in [0.5, 0.6) is 23.0 Å². The van der Waals surface area contributed by atoms with E-state index in [1.807, 2.05) is 237 Å². The molecule has 3 fully saturated rings. The molecule has 0 bridgehead atoms. The smallest absolute Gasteiger partial charge is 0.187 e. The fourth-order valence-corrected chi connectivity index (χ4v) is 12.3. The van der Waals surface area contributed by atoms with Crippen LogP contribution in [0.2, 0.25) is 0 Å². The Morgan fingerprint density at radius 1 is 0.273 bits per heavy atom. The van der Waals surface area contributed by atoms with Crippen LogP contribution < -0.4 is 18.9 Å². The summed E-state index contributed by atoms with van der Waals surface area (Å²) in [4.78, 5) is 0. The maximum Gasteiger partial charge on any atom is 0.187 e. The third-order valence-electron chi connectivity index (χ3n) is 17.5. The Bertz CT molecular complexity index is 3700. The maximum absolute atomic E-state index is 12.0. The predicted molar refractivity (Wildman–Crippen MR) is 367 cm³/mol. The highest BCUT2D eigenvalue weighted by atomic mass is 16.8. The van der Waals surface area contributed by atoms with Crippen LogP contribution >= 0.6 is 0 Å². The Balaban J connectivity index is 0.982. The molecule has 9 aromatic carbocycles. The monoisotopic (exact) mass is 1350 g/mol. The zero-order valence-corrected chi connectivity index (χ0v) is 55.5. The molecule has 18 nitrogen and oxygen atoms in total. The third-order valence-corrected chi connectivity index (χ3v) is 17.5. The molecule has 12 rings (SSSR count). The van der Waals surface area contributed by atoms with Crippen molar-refractivity contribution in [1.82, 2.24) is 0 Å². The summed E-state index contributed by atoms with van der Waals surface area (Å²) in [5.74, 6) is 2.34. The van der Waals surface area contributed by atoms with Crippen LogP contribution in [0.15, 0.2) is 261 Å². The topological polar surface area (TPSA) is 188 Å². The highest BCUT2D eigenvalue weighted by Crippen LogP contribution is 2.40. The second-order valence-electron chi connectivity index (χ2n) is 24.3. The highest BCUT2D eigenvalue weighted by Gasteiger charge is 2.57. The number of hydrogen-bond donors (Lipinski definition) is 2. The van der Waals surface area contributed by atoms with Crippen molar-refractivity contribution in [2.75, 3.05) is 34.0 Å². The van der Waals surface area contributed by atoms with E-state index >= 15 is 0 Å². The third kappa shape index (κ3) is 19.8. The molecule has 3 saturated heterocycles. The molecule has 18 heteroatoms. The molecule has 0 saturated carbocycles. The van der Waals surface area contributed by atoms with Gasteiger partial charge in [-0.3, -0.25) is 0 Å². The van der Waals surface area contributed by atoms with Crippen LogP contribution in [0.4, 0.5) is 0 Å². The molecule has 0 spiro atoms. The number of rotatable bonds is 34. The molecular weight excluding hydrogens is 1260 g/mol. The van der Waals surface area contributed by atoms with Crippen molar-refractivity contribution < 1.29 is 86.0 Å². The van der Waals surface area contributed by atoms with Gasteiger partial charge in [0.05, 0.1) is 67.1 Å². The molecule has 9 aromatic rings. The minimum Gasteiger partial charge on any atom is -0.497 e. The van der Waals surface area contributed by atoms with Crippen LogP contribution in [0.3, 0.4) is 0 Å². The van der Waals surface area contributed by atoms with Crippen molar-refractivity contribution in [3.63, 3.8) is 0 Å². The predicted octanol–water partition coefficient (Wildman–Crippen LogP) is 12.2. The zero-order valence-electron chi connectivity index (χ0n) is 55.5. The van der Waals surface area contributed by atoms with E-state index in [4.69, 9.17) is 75.8 Å². The molecular formula is C81H86O18. The van der Waals surface area contributed by atoms with E-state index < -0.39 is 98.7 Å². The highest BCUT2D eigenvalue weighted by molar-refractivity contribution is 5.32. The van der Waals surface area contributed by atoms with Crippen molar-refractivity contribution in [2.24, 2.45) is 0 Å². The number of benzene rings is 9. The maximum atomic E-state index is 12.0. The first-order valence-corrected chi connectivity index (χ1v) is 33.5. The number of aliphatic hydroxyl groups excluding tert-OH is 2. The molecule has 0 aromatic heterocycles. The van der Waals surface area contributed by atoms with Crippen molar-refractivity contribution in [3.8, 4) is 23.0 Å². The molecule has 518 valence electrons. The Morgan fingerprint density at radius 3 is 0.838 bits per heavy atom. The first-order chi connectivity index (χ1) is 48.8. The van der Waals surface area contributed by atoms with Crippen LogP contribution in [0.1, 0.15) is 38.9 Å². The van der Waals surface area contributed by atoms with E-state index in [-0.39, 0.29) is 59.5 Å². The van der Waals surface area contributed by atoms with Gasteiger partial charge < -0.3 is 86.0 Å². The molecule has 99 heavy (non-hydrogen) atoms. The first kappa shape index (κ1) is 70.5. The number of aliphatic hydroxyl groups is 2. The average Bonchev–Trinajstić information content (AvgIpc) is 0.772. The summed E-state index contributed by atoms with van der Waals surface area (Å²) >= 11 is 0. The first-order valence-electron chi connectivity index (χ1n) is 33.5. The lowest BCUT2D eigenvalue weighted by molar-refractivity contribution is -0.392. The van der Waals surface area contributed by atoms with Gasteiger partial charge in [0.15, 0.2) is 18.9 Å². The van der Waals surface area contributed by atoms with Crippen LogP contribution in [0.25, 0.3) is 0 Å². The minimum atomic E-state index is -1.56. The van der Waals surface area contributed by atoms with Gasteiger partial charge in [-0.25, -0.2) is 0 Å². The van der Waals surface area contributed by atoms with Gasteiger partial charge in [-0.2, -0.15) is 0 Å². The number of ether oxygens (including phenoxy) is 16. The van der Waals surface area contributed by atoms with E-state index in [9.17, 15) is 10.2 Å². The molecule has 0 unspecified atom stereocenters. The largest absolute Gasteiger partial charge is 0.497 e. The summed E-state index contributed by atoms with van der Waals surface area (Å²) in [5.41, 5.74) is 6.09. The summed E-state index contributed by atoms with van der Waals surface area (Å²) < 4.78 is 111. The van der Waals surface area contributed by atoms with Crippen molar-refractivity contribution in [2.45, 2.75) is 138 Å². The molecule has 3 heterocycles. The molecule has 3 aliphatic rings. The van der Waals surface area contributed by atoms with E-state index in [1.54, 1.807) is 38.5 Å². The lowest BCUT2D eigenvalue weighted by Gasteiger charge is -2.51. The summed E-state index contributed by atoms with van der Waals surface area (Å²) in [6, 6.07) is 83.0. The average molecular weight is 1350 g/mol. The quantitative estimate of drug-likeness (QED) is 0.0387. The van der Waals surface area contributed by atoms with Gasteiger partial charge in [-0.05, 0) is 87.5 Å². The van der Waals surface area contributed by atoms with Crippen molar-refractivity contribution in [1.29, 1.82) is 0 Å². The molecule has 0 radical (unpaired) electrons. The van der Waals surface area contributed by atoms with Gasteiger partial charge in [-0.15, -0.1) is 0 Å². The minimum absolute atomic E-state index is 0.0339. The van der Waals surface area contributed by atoms with Gasteiger partial charge in [0.2, 0.25) is 0 Å². The van der Waals surface area contributed by atoms with E-state index in [0.29, 0.717) is 23.0 Å². The summed E-state index contributed by atoms with van der Waals surface area (Å²) in [6.07, 6.45) is -17.2. The summed E-state index contributed by atoms with van der Waals surface area (Å²) in [6.45, 7) is -0.0730. The van der Waals surface area contributed by atoms with Crippen molar-refractivity contribution >= 4 is 0 Å². The van der Waals surface area contributed by atoms with E-state index in [2.05, 4.69) is 0 Å². The van der Waals surface area contributed by atoms with Gasteiger partial charge in [-0.1, -0.05) is 212 Å². The number of hydrogen-bond acceptors (Lipinski definition) is 18.